The molecule has 0 atom stereocenters. The zero-order chi connectivity index (χ0) is 13.1. The van der Waals surface area contributed by atoms with Gasteiger partial charge in [0.15, 0.2) is 11.6 Å². The standard InChI is InChI=1S/C12H7ClFN3O/c13-8-1-2-11(10(14)4-8)18-12-7(5-15)3-9(16)6-17-12/h1-4,6H,16H2. The lowest BCUT2D eigenvalue weighted by Gasteiger charge is -2.07. The van der Waals surface area contributed by atoms with Crippen molar-refractivity contribution < 1.29 is 9.13 Å². The maximum atomic E-state index is 13.5. The second-order valence-electron chi connectivity index (χ2n) is 3.41. The summed E-state index contributed by atoms with van der Waals surface area (Å²) in [7, 11) is 0. The minimum atomic E-state index is -0.634. The maximum absolute atomic E-state index is 13.5. The topological polar surface area (TPSA) is 71.9 Å². The van der Waals surface area contributed by atoms with Gasteiger partial charge < -0.3 is 10.5 Å². The number of pyridine rings is 1. The molecule has 0 bridgehead atoms. The second-order valence-corrected chi connectivity index (χ2v) is 3.85. The molecule has 90 valence electrons. The zero-order valence-electron chi connectivity index (χ0n) is 9.02. The van der Waals surface area contributed by atoms with Crippen molar-refractivity contribution in [3.8, 4) is 17.7 Å². The van der Waals surface area contributed by atoms with Crippen LogP contribution in [0.25, 0.3) is 0 Å². The number of nitriles is 1. The number of hydrogen-bond acceptors (Lipinski definition) is 4. The van der Waals surface area contributed by atoms with Gasteiger partial charge in [-0.15, -0.1) is 0 Å². The van der Waals surface area contributed by atoms with E-state index in [4.69, 9.17) is 27.3 Å². The van der Waals surface area contributed by atoms with E-state index in [1.54, 1.807) is 0 Å². The van der Waals surface area contributed by atoms with Gasteiger partial charge in [0, 0.05) is 5.02 Å². The highest BCUT2D eigenvalue weighted by atomic mass is 35.5. The third-order valence-corrected chi connectivity index (χ3v) is 2.33. The summed E-state index contributed by atoms with van der Waals surface area (Å²) in [6, 6.07) is 7.22. The molecule has 6 heteroatoms. The van der Waals surface area contributed by atoms with Crippen LogP contribution in [-0.2, 0) is 0 Å². The average molecular weight is 264 g/mol. The van der Waals surface area contributed by atoms with E-state index in [2.05, 4.69) is 4.98 Å². The number of halogens is 2. The van der Waals surface area contributed by atoms with E-state index < -0.39 is 5.82 Å². The zero-order valence-corrected chi connectivity index (χ0v) is 9.78. The summed E-state index contributed by atoms with van der Waals surface area (Å²) in [6.45, 7) is 0. The largest absolute Gasteiger partial charge is 0.435 e. The number of hydrogen-bond donors (Lipinski definition) is 1. The van der Waals surface area contributed by atoms with E-state index >= 15 is 0 Å². The third-order valence-electron chi connectivity index (χ3n) is 2.09. The van der Waals surface area contributed by atoms with E-state index in [9.17, 15) is 4.39 Å². The minimum Gasteiger partial charge on any atom is -0.435 e. The molecule has 0 spiro atoms. The molecule has 1 aromatic heterocycles. The van der Waals surface area contributed by atoms with Crippen LogP contribution in [0.2, 0.25) is 5.02 Å². The molecule has 0 aliphatic rings. The summed E-state index contributed by atoms with van der Waals surface area (Å²) in [5.41, 5.74) is 5.94. The van der Waals surface area contributed by atoms with Crippen LogP contribution in [0.4, 0.5) is 10.1 Å². The Balaban J connectivity index is 2.37. The molecule has 0 saturated carbocycles. The van der Waals surface area contributed by atoms with Crippen LogP contribution < -0.4 is 10.5 Å². The number of benzene rings is 1. The number of nitrogens with two attached hydrogens (primary N) is 1. The van der Waals surface area contributed by atoms with Crippen LogP contribution in [0.3, 0.4) is 0 Å². The number of anilines is 1. The van der Waals surface area contributed by atoms with Crippen LogP contribution in [0.1, 0.15) is 5.56 Å². The van der Waals surface area contributed by atoms with Gasteiger partial charge >= 0.3 is 0 Å². The Labute approximate surface area is 107 Å². The summed E-state index contributed by atoms with van der Waals surface area (Å²) >= 11 is 5.62. The van der Waals surface area contributed by atoms with Crippen LogP contribution in [0.15, 0.2) is 30.5 Å². The molecule has 0 amide bonds. The first-order valence-electron chi connectivity index (χ1n) is 4.88. The predicted molar refractivity (Wildman–Crippen MR) is 64.8 cm³/mol. The SMILES string of the molecule is N#Cc1cc(N)cnc1Oc1ccc(Cl)cc1F. The monoisotopic (exact) mass is 263 g/mol. The molecule has 2 aromatic rings. The lowest BCUT2D eigenvalue weighted by molar-refractivity contribution is 0.426. The molecule has 0 aliphatic carbocycles. The average Bonchev–Trinajstić information content (AvgIpc) is 2.34. The van der Waals surface area contributed by atoms with Gasteiger partial charge in [0.2, 0.25) is 5.88 Å². The van der Waals surface area contributed by atoms with Crippen molar-refractivity contribution in [1.82, 2.24) is 4.98 Å². The van der Waals surface area contributed by atoms with E-state index in [1.165, 1.54) is 24.4 Å². The van der Waals surface area contributed by atoms with Gasteiger partial charge in [-0.1, -0.05) is 11.6 Å². The first kappa shape index (κ1) is 12.1. The lowest BCUT2D eigenvalue weighted by atomic mass is 10.2. The molecular weight excluding hydrogens is 257 g/mol. The van der Waals surface area contributed by atoms with Crippen molar-refractivity contribution in [1.29, 1.82) is 5.26 Å². The quantitative estimate of drug-likeness (QED) is 0.903. The van der Waals surface area contributed by atoms with Gasteiger partial charge in [0.25, 0.3) is 0 Å². The normalized spacial score (nSPS) is 9.83. The van der Waals surface area contributed by atoms with E-state index in [1.807, 2.05) is 6.07 Å². The summed E-state index contributed by atoms with van der Waals surface area (Å²) in [4.78, 5) is 3.84. The summed E-state index contributed by atoms with van der Waals surface area (Å²) < 4.78 is 18.7. The second kappa shape index (κ2) is 4.90. The Hall–Kier alpha value is -2.32. The minimum absolute atomic E-state index is 0.00655. The molecule has 0 unspecified atom stereocenters. The number of ether oxygens (including phenoxy) is 1. The van der Waals surface area contributed by atoms with Crippen molar-refractivity contribution in [2.75, 3.05) is 5.73 Å². The predicted octanol–water partition coefficient (Wildman–Crippen LogP) is 3.12. The fourth-order valence-corrected chi connectivity index (χ4v) is 1.45. The number of nitrogen functional groups attached to an aromatic ring is 1. The molecule has 1 aromatic carbocycles. The molecule has 1 heterocycles. The van der Waals surface area contributed by atoms with E-state index in [0.717, 1.165) is 6.07 Å². The Bertz CT molecular complexity index is 640. The maximum Gasteiger partial charge on any atom is 0.237 e. The van der Waals surface area contributed by atoms with Gasteiger partial charge in [-0.25, -0.2) is 9.37 Å². The lowest BCUT2D eigenvalue weighted by Crippen LogP contribution is -1.96. The van der Waals surface area contributed by atoms with Crippen molar-refractivity contribution >= 4 is 17.3 Å². The highest BCUT2D eigenvalue weighted by Crippen LogP contribution is 2.27. The Morgan fingerprint density at radius 3 is 2.83 bits per heavy atom. The highest BCUT2D eigenvalue weighted by molar-refractivity contribution is 6.30. The van der Waals surface area contributed by atoms with E-state index in [-0.39, 0.29) is 22.2 Å². The summed E-state index contributed by atoms with van der Waals surface area (Å²) in [6.07, 6.45) is 1.32. The molecular formula is C12H7ClFN3O. The van der Waals surface area contributed by atoms with Crippen molar-refractivity contribution in [2.45, 2.75) is 0 Å². The number of aromatic nitrogens is 1. The van der Waals surface area contributed by atoms with Crippen molar-refractivity contribution in [3.63, 3.8) is 0 Å². The Kier molecular flexibility index (Phi) is 3.31. The molecule has 18 heavy (non-hydrogen) atoms. The van der Waals surface area contributed by atoms with E-state index in [0.29, 0.717) is 5.69 Å². The molecule has 0 fully saturated rings. The molecule has 0 aliphatic heterocycles. The van der Waals surface area contributed by atoms with Gasteiger partial charge in [0.05, 0.1) is 11.9 Å². The van der Waals surface area contributed by atoms with Crippen LogP contribution in [-0.4, -0.2) is 4.98 Å². The first-order valence-corrected chi connectivity index (χ1v) is 5.26. The Morgan fingerprint density at radius 2 is 2.17 bits per heavy atom. The van der Waals surface area contributed by atoms with Gasteiger partial charge in [-0.3, -0.25) is 0 Å². The van der Waals surface area contributed by atoms with Crippen LogP contribution in [0.5, 0.6) is 11.6 Å². The molecule has 2 rings (SSSR count). The fraction of sp³-hybridized carbons (Fsp3) is 0. The Morgan fingerprint density at radius 1 is 1.39 bits per heavy atom. The van der Waals surface area contributed by atoms with Crippen LogP contribution in [0, 0.1) is 17.1 Å². The first-order chi connectivity index (χ1) is 8.60. The molecule has 4 nitrogen and oxygen atoms in total. The smallest absolute Gasteiger partial charge is 0.237 e. The molecule has 2 N–H and O–H groups in total. The fourth-order valence-electron chi connectivity index (χ4n) is 1.29. The number of rotatable bonds is 2. The van der Waals surface area contributed by atoms with Crippen molar-refractivity contribution in [3.05, 3.63) is 46.9 Å². The molecule has 0 saturated heterocycles. The summed E-state index contributed by atoms with van der Waals surface area (Å²) in [5.74, 6) is -0.703. The molecule has 0 radical (unpaired) electrons. The summed E-state index contributed by atoms with van der Waals surface area (Å²) in [5, 5.41) is 9.15. The van der Waals surface area contributed by atoms with Crippen molar-refractivity contribution in [2.24, 2.45) is 0 Å². The van der Waals surface area contributed by atoms with Gasteiger partial charge in [-0.05, 0) is 24.3 Å². The van der Waals surface area contributed by atoms with Gasteiger partial charge in [0.1, 0.15) is 11.6 Å². The van der Waals surface area contributed by atoms with Crippen LogP contribution >= 0.6 is 11.6 Å². The third kappa shape index (κ3) is 2.50. The number of nitrogens with zero attached hydrogens (tertiary/aromatic N) is 2. The highest BCUT2D eigenvalue weighted by Gasteiger charge is 2.10. The van der Waals surface area contributed by atoms with Gasteiger partial charge in [-0.2, -0.15) is 5.26 Å².